The van der Waals surface area contributed by atoms with Gasteiger partial charge in [0.15, 0.2) is 14.1 Å². The third-order valence-corrected chi connectivity index (χ3v) is 5.00. The predicted octanol–water partition coefficient (Wildman–Crippen LogP) is 3.40. The van der Waals surface area contributed by atoms with Crippen molar-refractivity contribution in [1.29, 1.82) is 0 Å². The van der Waals surface area contributed by atoms with E-state index in [-0.39, 0.29) is 8.46 Å². The van der Waals surface area contributed by atoms with E-state index < -0.39 is 0 Å². The Morgan fingerprint density at radius 1 is 1.00 bits per heavy atom. The van der Waals surface area contributed by atoms with Crippen molar-refractivity contribution in [1.82, 2.24) is 29.9 Å². The zero-order chi connectivity index (χ0) is 18.9. The van der Waals surface area contributed by atoms with E-state index >= 15 is 0 Å². The third-order valence-electron chi connectivity index (χ3n) is 4.50. The number of rotatable bonds is 4. The quantitative estimate of drug-likeness (QED) is 0.442. The lowest BCUT2D eigenvalue weighted by molar-refractivity contribution is 0.603. The summed E-state index contributed by atoms with van der Waals surface area (Å²) in [5.74, 6) is 0. The second kappa shape index (κ2) is 6.87. The maximum atomic E-state index is 10.9. The molecular formula is C20H13N6OP. The number of nitrogens with zero attached hydrogens (tertiary/aromatic N) is 6. The summed E-state index contributed by atoms with van der Waals surface area (Å²) >= 11 is 0. The fourth-order valence-corrected chi connectivity index (χ4v) is 3.36. The number of hydrogen-bond acceptors (Lipinski definition) is 6. The van der Waals surface area contributed by atoms with E-state index in [9.17, 15) is 4.57 Å². The van der Waals surface area contributed by atoms with Crippen molar-refractivity contribution in [3.8, 4) is 11.3 Å². The minimum atomic E-state index is 0.0000213. The summed E-state index contributed by atoms with van der Waals surface area (Å²) in [6.45, 7) is 0.535. The van der Waals surface area contributed by atoms with Crippen LogP contribution in [0.15, 0.2) is 67.0 Å². The average Bonchev–Trinajstić information content (AvgIpc) is 3.16. The van der Waals surface area contributed by atoms with Gasteiger partial charge in [0.05, 0.1) is 24.0 Å². The maximum Gasteiger partial charge on any atom is 0.221 e. The van der Waals surface area contributed by atoms with Crippen LogP contribution in [0, 0.1) is 0 Å². The molecule has 3 heterocycles. The Bertz CT molecular complexity index is 1320. The molecule has 0 bridgehead atoms. The summed E-state index contributed by atoms with van der Waals surface area (Å²) in [5.41, 5.74) is 4.77. The van der Waals surface area contributed by atoms with Gasteiger partial charge in [0.25, 0.3) is 0 Å². The lowest BCUT2D eigenvalue weighted by atomic mass is 10.1. The Labute approximate surface area is 161 Å². The van der Waals surface area contributed by atoms with Crippen LogP contribution in [-0.4, -0.2) is 29.9 Å². The molecule has 0 atom stereocenters. The summed E-state index contributed by atoms with van der Waals surface area (Å²) in [6, 6.07) is 17.4. The molecule has 0 aliphatic rings. The smallest absolute Gasteiger partial charge is 0.221 e. The minimum absolute atomic E-state index is 0.0000213. The zero-order valence-corrected chi connectivity index (χ0v) is 15.5. The summed E-state index contributed by atoms with van der Waals surface area (Å²) in [6.07, 6.45) is 3.46. The second-order valence-electron chi connectivity index (χ2n) is 6.32. The molecule has 28 heavy (non-hydrogen) atoms. The molecule has 0 saturated heterocycles. The van der Waals surface area contributed by atoms with E-state index in [1.165, 1.54) is 0 Å². The van der Waals surface area contributed by atoms with E-state index in [0.29, 0.717) is 23.5 Å². The molecule has 0 N–H and O–H groups in total. The Balaban J connectivity index is 1.52. The molecule has 2 aromatic carbocycles. The van der Waals surface area contributed by atoms with Gasteiger partial charge in [-0.1, -0.05) is 29.5 Å². The van der Waals surface area contributed by atoms with Gasteiger partial charge >= 0.3 is 0 Å². The second-order valence-corrected chi connectivity index (χ2v) is 7.02. The van der Waals surface area contributed by atoms with Gasteiger partial charge in [-0.25, -0.2) is 14.6 Å². The lowest BCUT2D eigenvalue weighted by Crippen LogP contribution is -2.03. The van der Waals surface area contributed by atoms with E-state index in [4.69, 9.17) is 4.98 Å². The van der Waals surface area contributed by atoms with Crippen LogP contribution in [0.4, 0.5) is 0 Å². The molecule has 7 nitrogen and oxygen atoms in total. The molecule has 0 unspecified atom stereocenters. The molecule has 0 radical (unpaired) electrons. The number of aromatic nitrogens is 6. The van der Waals surface area contributed by atoms with E-state index in [2.05, 4.69) is 26.3 Å². The van der Waals surface area contributed by atoms with Crippen molar-refractivity contribution < 1.29 is 4.57 Å². The van der Waals surface area contributed by atoms with E-state index in [1.807, 2.05) is 36.4 Å². The normalized spacial score (nSPS) is 11.4. The van der Waals surface area contributed by atoms with Gasteiger partial charge in [0, 0.05) is 22.5 Å². The number of hydrogen-bond donors (Lipinski definition) is 0. The van der Waals surface area contributed by atoms with E-state index in [0.717, 1.165) is 27.3 Å². The summed E-state index contributed by atoms with van der Waals surface area (Å²) in [4.78, 5) is 13.4. The van der Waals surface area contributed by atoms with Crippen molar-refractivity contribution in [2.45, 2.75) is 6.54 Å². The largest absolute Gasteiger partial charge is 0.269 e. The molecular weight excluding hydrogens is 371 g/mol. The molecule has 0 aliphatic carbocycles. The van der Waals surface area contributed by atoms with Gasteiger partial charge in [0.2, 0.25) is 5.65 Å². The van der Waals surface area contributed by atoms with Crippen LogP contribution < -0.4 is 5.30 Å². The van der Waals surface area contributed by atoms with Crippen molar-refractivity contribution >= 4 is 36.0 Å². The fraction of sp³-hybridized carbons (Fsp3) is 0.0500. The summed E-state index contributed by atoms with van der Waals surface area (Å²) in [7, 11) is 0.0000213. The highest BCUT2D eigenvalue weighted by Gasteiger charge is 2.11. The molecule has 0 fully saturated rings. The monoisotopic (exact) mass is 384 g/mol. The number of benzene rings is 2. The van der Waals surface area contributed by atoms with Gasteiger partial charge < -0.3 is 0 Å². The van der Waals surface area contributed by atoms with Gasteiger partial charge in [-0.05, 0) is 35.9 Å². The molecule has 5 aromatic rings. The van der Waals surface area contributed by atoms with Crippen molar-refractivity contribution in [2.24, 2.45) is 0 Å². The molecule has 0 amide bonds. The maximum absolute atomic E-state index is 10.9. The number of fused-ring (bicyclic) bond motifs is 2. The molecule has 0 aliphatic heterocycles. The standard InChI is InChI=1S/C20H13N6OP/c27-28-16-6-4-14(5-7-16)18-11-22-19-20(23-18)26(25-24-19)12-13-3-8-17-15(10-13)2-1-9-21-17/h1-11H,12H2. The van der Waals surface area contributed by atoms with Gasteiger partial charge in [-0.2, -0.15) is 0 Å². The van der Waals surface area contributed by atoms with Gasteiger partial charge in [-0.15, -0.1) is 5.10 Å². The highest BCUT2D eigenvalue weighted by atomic mass is 31.1. The Morgan fingerprint density at radius 2 is 1.89 bits per heavy atom. The molecule has 8 heteroatoms. The average molecular weight is 384 g/mol. The first-order valence-corrected chi connectivity index (χ1v) is 9.45. The van der Waals surface area contributed by atoms with Crippen LogP contribution in [0.5, 0.6) is 0 Å². The highest BCUT2D eigenvalue weighted by molar-refractivity contribution is 7.34. The zero-order valence-electron chi connectivity index (χ0n) is 14.6. The SMILES string of the molecule is O=Pc1ccc(-c2cnc3nnn(Cc4ccc5ncccc5c4)c3n2)cc1. The molecule has 134 valence electrons. The van der Waals surface area contributed by atoms with Crippen molar-refractivity contribution in [3.63, 3.8) is 0 Å². The first-order valence-electron chi connectivity index (χ1n) is 8.64. The molecule has 0 spiro atoms. The third kappa shape index (κ3) is 3.02. The summed E-state index contributed by atoms with van der Waals surface area (Å²) in [5, 5.41) is 10.1. The topological polar surface area (TPSA) is 86.5 Å². The molecule has 5 rings (SSSR count). The highest BCUT2D eigenvalue weighted by Crippen LogP contribution is 2.19. The Kier molecular flexibility index (Phi) is 4.07. The fourth-order valence-electron chi connectivity index (χ4n) is 3.09. The Hall–Kier alpha value is -3.57. The number of pyridine rings is 1. The lowest BCUT2D eigenvalue weighted by Gasteiger charge is -2.05. The minimum Gasteiger partial charge on any atom is -0.269 e. The van der Waals surface area contributed by atoms with Crippen LogP contribution in [0.3, 0.4) is 0 Å². The van der Waals surface area contributed by atoms with Gasteiger partial charge in [-0.3, -0.25) is 9.55 Å². The van der Waals surface area contributed by atoms with Crippen LogP contribution in [0.2, 0.25) is 0 Å². The van der Waals surface area contributed by atoms with Crippen LogP contribution in [-0.2, 0) is 11.1 Å². The Morgan fingerprint density at radius 3 is 2.75 bits per heavy atom. The first-order chi connectivity index (χ1) is 13.8. The van der Waals surface area contributed by atoms with Crippen LogP contribution >= 0.6 is 8.46 Å². The molecule has 0 saturated carbocycles. The van der Waals surface area contributed by atoms with E-state index in [1.54, 1.807) is 29.2 Å². The van der Waals surface area contributed by atoms with Crippen LogP contribution in [0.25, 0.3) is 33.5 Å². The molecule has 3 aromatic heterocycles. The summed E-state index contributed by atoms with van der Waals surface area (Å²) < 4.78 is 12.7. The first kappa shape index (κ1) is 16.6. The predicted molar refractivity (Wildman–Crippen MR) is 107 cm³/mol. The van der Waals surface area contributed by atoms with Crippen molar-refractivity contribution in [3.05, 3.63) is 72.6 Å². The van der Waals surface area contributed by atoms with Gasteiger partial charge in [0.1, 0.15) is 0 Å². The van der Waals surface area contributed by atoms with Crippen molar-refractivity contribution in [2.75, 3.05) is 0 Å². The van der Waals surface area contributed by atoms with Crippen LogP contribution in [0.1, 0.15) is 5.56 Å².